The van der Waals surface area contributed by atoms with E-state index in [4.69, 9.17) is 4.74 Å². The van der Waals surface area contributed by atoms with Crippen LogP contribution in [0.2, 0.25) is 0 Å². The number of unbranched alkanes of at least 4 members (excludes halogenated alkanes) is 1. The Morgan fingerprint density at radius 3 is 2.78 bits per heavy atom. The molecule has 0 fully saturated rings. The minimum Gasteiger partial charge on any atom is -0.379 e. The maximum atomic E-state index is 5.49. The molecule has 0 aliphatic heterocycles. The van der Waals surface area contributed by atoms with Gasteiger partial charge in [0.1, 0.15) is 5.82 Å². The van der Waals surface area contributed by atoms with Gasteiger partial charge in [-0.2, -0.15) is 4.98 Å². The van der Waals surface area contributed by atoms with Gasteiger partial charge in [-0.3, -0.25) is 0 Å². The smallest absolute Gasteiger partial charge is 0.224 e. The van der Waals surface area contributed by atoms with E-state index in [2.05, 4.69) is 34.4 Å². The molecule has 1 heterocycles. The third kappa shape index (κ3) is 5.31. The van der Waals surface area contributed by atoms with Gasteiger partial charge in [-0.25, -0.2) is 4.98 Å². The molecule has 0 unspecified atom stereocenters. The van der Waals surface area contributed by atoms with Crippen molar-refractivity contribution in [2.24, 2.45) is 0 Å². The average Bonchev–Trinajstić information content (AvgIpc) is 2.35. The fraction of sp³-hybridized carbons (Fsp3) is 0.692. The molecule has 5 heteroatoms. The molecule has 1 rings (SSSR count). The van der Waals surface area contributed by atoms with Gasteiger partial charge in [0.25, 0.3) is 0 Å². The second kappa shape index (κ2) is 7.87. The molecule has 102 valence electrons. The number of aryl methyl sites for hydroxylation is 1. The topological polar surface area (TPSA) is 59.1 Å². The molecule has 0 atom stereocenters. The summed E-state index contributed by atoms with van der Waals surface area (Å²) >= 11 is 0. The zero-order valence-electron chi connectivity index (χ0n) is 11.8. The molecular formula is C13H24N4O. The number of nitrogens with zero attached hydrogens (tertiary/aromatic N) is 2. The molecule has 18 heavy (non-hydrogen) atoms. The minimum absolute atomic E-state index is 0.320. The number of aromatic nitrogens is 2. The van der Waals surface area contributed by atoms with Crippen molar-refractivity contribution in [3.05, 3.63) is 11.8 Å². The van der Waals surface area contributed by atoms with Crippen molar-refractivity contribution in [2.45, 2.75) is 39.7 Å². The third-order valence-corrected chi connectivity index (χ3v) is 2.51. The van der Waals surface area contributed by atoms with E-state index in [1.165, 1.54) is 0 Å². The highest BCUT2D eigenvalue weighted by atomic mass is 16.5. The van der Waals surface area contributed by atoms with E-state index in [0.717, 1.165) is 37.4 Å². The number of nitrogens with one attached hydrogen (secondary N) is 2. The van der Waals surface area contributed by atoms with Crippen LogP contribution in [0.4, 0.5) is 11.8 Å². The predicted octanol–water partition coefficient (Wildman–Crippen LogP) is 2.44. The lowest BCUT2D eigenvalue weighted by Gasteiger charge is -2.10. The monoisotopic (exact) mass is 252 g/mol. The number of hydrogen-bond donors (Lipinski definition) is 2. The first-order chi connectivity index (χ1) is 8.63. The lowest BCUT2D eigenvalue weighted by Crippen LogP contribution is -2.09. The van der Waals surface area contributed by atoms with Crippen molar-refractivity contribution in [3.63, 3.8) is 0 Å². The molecule has 5 nitrogen and oxygen atoms in total. The Morgan fingerprint density at radius 1 is 1.33 bits per heavy atom. The minimum atomic E-state index is 0.320. The highest BCUT2D eigenvalue weighted by Gasteiger charge is 2.01. The summed E-state index contributed by atoms with van der Waals surface area (Å²) in [6.07, 6.45) is 4.28. The fourth-order valence-corrected chi connectivity index (χ4v) is 1.49. The quantitative estimate of drug-likeness (QED) is 0.696. The first-order valence-corrected chi connectivity index (χ1v) is 6.50. The van der Waals surface area contributed by atoms with Crippen molar-refractivity contribution < 1.29 is 4.74 Å². The van der Waals surface area contributed by atoms with Crippen molar-refractivity contribution in [3.8, 4) is 0 Å². The maximum Gasteiger partial charge on any atom is 0.224 e. The van der Waals surface area contributed by atoms with Gasteiger partial charge in [0.2, 0.25) is 5.95 Å². The van der Waals surface area contributed by atoms with Crippen LogP contribution in [0.15, 0.2) is 6.20 Å². The molecule has 0 aliphatic rings. The first-order valence-electron chi connectivity index (χ1n) is 6.50. The van der Waals surface area contributed by atoms with Crippen LogP contribution >= 0.6 is 0 Å². The Morgan fingerprint density at radius 2 is 2.11 bits per heavy atom. The van der Waals surface area contributed by atoms with Gasteiger partial charge in [0.05, 0.1) is 6.10 Å². The normalized spacial score (nSPS) is 10.7. The summed E-state index contributed by atoms with van der Waals surface area (Å²) < 4.78 is 5.49. The van der Waals surface area contributed by atoms with Crippen LogP contribution in [0, 0.1) is 6.92 Å². The molecule has 0 saturated heterocycles. The third-order valence-electron chi connectivity index (χ3n) is 2.51. The van der Waals surface area contributed by atoms with E-state index in [1.807, 2.05) is 20.2 Å². The molecule has 0 spiro atoms. The fourth-order valence-electron chi connectivity index (χ4n) is 1.49. The SMILES string of the molecule is CNc1ncc(C)c(NCCCCOC(C)C)n1. The van der Waals surface area contributed by atoms with E-state index in [9.17, 15) is 0 Å². The Labute approximate surface area is 109 Å². The van der Waals surface area contributed by atoms with E-state index in [1.54, 1.807) is 0 Å². The Kier molecular flexibility index (Phi) is 6.43. The molecule has 0 amide bonds. The Balaban J connectivity index is 2.26. The van der Waals surface area contributed by atoms with Gasteiger partial charge in [-0.1, -0.05) is 0 Å². The van der Waals surface area contributed by atoms with Crippen molar-refractivity contribution in [1.82, 2.24) is 9.97 Å². The average molecular weight is 252 g/mol. The molecule has 0 aromatic carbocycles. The molecular weight excluding hydrogens is 228 g/mol. The second-order valence-corrected chi connectivity index (χ2v) is 4.53. The molecule has 0 saturated carbocycles. The van der Waals surface area contributed by atoms with Crippen LogP contribution in [0.3, 0.4) is 0 Å². The summed E-state index contributed by atoms with van der Waals surface area (Å²) in [6, 6.07) is 0. The second-order valence-electron chi connectivity index (χ2n) is 4.53. The molecule has 0 bridgehead atoms. The largest absolute Gasteiger partial charge is 0.379 e. The molecule has 1 aromatic heterocycles. The van der Waals surface area contributed by atoms with Crippen LogP contribution in [0.1, 0.15) is 32.3 Å². The lowest BCUT2D eigenvalue weighted by molar-refractivity contribution is 0.0765. The summed E-state index contributed by atoms with van der Waals surface area (Å²) in [7, 11) is 1.82. The number of anilines is 2. The Hall–Kier alpha value is -1.36. The van der Waals surface area contributed by atoms with Gasteiger partial charge in [-0.15, -0.1) is 0 Å². The lowest BCUT2D eigenvalue weighted by atomic mass is 10.3. The summed E-state index contributed by atoms with van der Waals surface area (Å²) in [5.74, 6) is 1.55. The van der Waals surface area contributed by atoms with Gasteiger partial charge < -0.3 is 15.4 Å². The summed E-state index contributed by atoms with van der Waals surface area (Å²) in [5.41, 5.74) is 1.06. The summed E-state index contributed by atoms with van der Waals surface area (Å²) in [6.45, 7) is 7.85. The zero-order chi connectivity index (χ0) is 13.4. The van der Waals surface area contributed by atoms with Crippen LogP contribution in [-0.2, 0) is 4.74 Å². The van der Waals surface area contributed by atoms with Gasteiger partial charge >= 0.3 is 0 Å². The van der Waals surface area contributed by atoms with E-state index in [-0.39, 0.29) is 0 Å². The highest BCUT2D eigenvalue weighted by molar-refractivity contribution is 5.46. The van der Waals surface area contributed by atoms with E-state index >= 15 is 0 Å². The number of rotatable bonds is 8. The van der Waals surface area contributed by atoms with Gasteiger partial charge in [-0.05, 0) is 33.6 Å². The van der Waals surface area contributed by atoms with Crippen molar-refractivity contribution in [1.29, 1.82) is 0 Å². The molecule has 0 aliphatic carbocycles. The summed E-state index contributed by atoms with van der Waals surface area (Å²) in [4.78, 5) is 8.52. The maximum absolute atomic E-state index is 5.49. The Bertz CT molecular complexity index is 355. The molecule has 2 N–H and O–H groups in total. The van der Waals surface area contributed by atoms with Crippen LogP contribution in [0.5, 0.6) is 0 Å². The molecule has 0 radical (unpaired) electrons. The summed E-state index contributed by atoms with van der Waals surface area (Å²) in [5, 5.41) is 6.26. The van der Waals surface area contributed by atoms with Crippen LogP contribution in [-0.4, -0.2) is 36.3 Å². The number of hydrogen-bond acceptors (Lipinski definition) is 5. The van der Waals surface area contributed by atoms with E-state index in [0.29, 0.717) is 12.1 Å². The standard InChI is InChI=1S/C13H24N4O/c1-10(2)18-8-6-5-7-15-12-11(3)9-16-13(14-4)17-12/h9-10H,5-8H2,1-4H3,(H2,14,15,16,17). The highest BCUT2D eigenvalue weighted by Crippen LogP contribution is 2.12. The first kappa shape index (κ1) is 14.7. The van der Waals surface area contributed by atoms with Crippen LogP contribution < -0.4 is 10.6 Å². The zero-order valence-corrected chi connectivity index (χ0v) is 11.8. The van der Waals surface area contributed by atoms with Crippen molar-refractivity contribution in [2.75, 3.05) is 30.8 Å². The van der Waals surface area contributed by atoms with Gasteiger partial charge in [0, 0.05) is 32.0 Å². The number of ether oxygens (including phenoxy) is 1. The van der Waals surface area contributed by atoms with Gasteiger partial charge in [0.15, 0.2) is 0 Å². The van der Waals surface area contributed by atoms with Crippen molar-refractivity contribution >= 4 is 11.8 Å². The predicted molar refractivity (Wildman–Crippen MR) is 75.1 cm³/mol. The van der Waals surface area contributed by atoms with E-state index < -0.39 is 0 Å². The van der Waals surface area contributed by atoms with Crippen LogP contribution in [0.25, 0.3) is 0 Å². The molecule has 1 aromatic rings.